The number of hydrogen-bond donors (Lipinski definition) is 2. The predicted molar refractivity (Wildman–Crippen MR) is 145 cm³/mol. The van der Waals surface area contributed by atoms with Crippen LogP contribution >= 0.6 is 0 Å². The van der Waals surface area contributed by atoms with Gasteiger partial charge >= 0.3 is 6.09 Å². The lowest BCUT2D eigenvalue weighted by molar-refractivity contribution is -0.119. The smallest absolute Gasteiger partial charge is 0.410 e. The summed E-state index contributed by atoms with van der Waals surface area (Å²) >= 11 is 0. The van der Waals surface area contributed by atoms with Crippen LogP contribution in [0.1, 0.15) is 32.8 Å². The number of benzene rings is 1. The molecule has 0 unspecified atom stereocenters. The maximum absolute atomic E-state index is 12.4. The number of aromatic nitrogens is 3. The quantitative estimate of drug-likeness (QED) is 0.479. The molecule has 0 spiro atoms. The third-order valence-corrected chi connectivity index (χ3v) is 6.72. The molecule has 2 aliphatic rings. The van der Waals surface area contributed by atoms with E-state index >= 15 is 0 Å². The lowest BCUT2D eigenvalue weighted by Crippen LogP contribution is -2.50. The summed E-state index contributed by atoms with van der Waals surface area (Å²) in [4.78, 5) is 40.0. The van der Waals surface area contributed by atoms with Gasteiger partial charge in [0.1, 0.15) is 17.4 Å². The van der Waals surface area contributed by atoms with Gasteiger partial charge in [-0.05, 0) is 39.0 Å². The fraction of sp³-hybridized carbons (Fsp3) is 0.393. The molecule has 202 valence electrons. The summed E-state index contributed by atoms with van der Waals surface area (Å²) in [6.45, 7) is 12.2. The van der Waals surface area contributed by atoms with Crippen LogP contribution in [0.5, 0.6) is 5.88 Å². The normalized spacial score (nSPS) is 17.6. The molecule has 3 aromatic rings. The molecule has 0 saturated carbocycles. The second-order valence-electron chi connectivity index (χ2n) is 10.7. The van der Waals surface area contributed by atoms with Crippen LogP contribution in [0, 0.1) is 17.2 Å². The average molecular weight is 530 g/mol. The van der Waals surface area contributed by atoms with E-state index in [-0.39, 0.29) is 23.8 Å². The topological polar surface area (TPSA) is 136 Å². The van der Waals surface area contributed by atoms with Crippen molar-refractivity contribution in [2.24, 2.45) is 5.92 Å². The fourth-order valence-corrected chi connectivity index (χ4v) is 4.69. The number of pyridine rings is 1. The van der Waals surface area contributed by atoms with E-state index in [0.717, 1.165) is 16.8 Å². The van der Waals surface area contributed by atoms with Crippen molar-refractivity contribution in [2.75, 3.05) is 37.6 Å². The van der Waals surface area contributed by atoms with E-state index in [4.69, 9.17) is 14.5 Å². The summed E-state index contributed by atoms with van der Waals surface area (Å²) in [6.07, 6.45) is 1.56. The van der Waals surface area contributed by atoms with Crippen LogP contribution in [-0.4, -0.2) is 70.2 Å². The number of hydrogen-bond acceptors (Lipinski definition) is 8. The zero-order valence-corrected chi connectivity index (χ0v) is 22.3. The van der Waals surface area contributed by atoms with Crippen molar-refractivity contribution in [2.45, 2.75) is 32.8 Å². The molecule has 1 aromatic carbocycles. The van der Waals surface area contributed by atoms with Gasteiger partial charge in [0, 0.05) is 50.6 Å². The molecular formula is C28H31N7O4. The standard InChI is InChI=1S/C28H31N7O4/c1-17(20-12-24(36)30-15-20)38-26-25-22(31-16-32-25)13-21(33-26)18-5-6-23(19(11-18)14-29)34-7-9-35(10-8-34)27(37)39-28(2,3)4/h5-6,11,13,16,20H,1,7-10,12,15H2,2-4H3,(H,30,36)(H,31,32)/t20-/m1/s1. The molecular weight excluding hydrogens is 498 g/mol. The summed E-state index contributed by atoms with van der Waals surface area (Å²) < 4.78 is 11.5. The number of nitrogens with zero attached hydrogens (tertiary/aromatic N) is 5. The summed E-state index contributed by atoms with van der Waals surface area (Å²) in [5.74, 6) is 0.554. The minimum absolute atomic E-state index is 0.0354. The molecule has 0 radical (unpaired) electrons. The first kappa shape index (κ1) is 26.0. The Hall–Kier alpha value is -4.59. The van der Waals surface area contributed by atoms with Crippen molar-refractivity contribution in [3.63, 3.8) is 0 Å². The van der Waals surface area contributed by atoms with E-state index in [9.17, 15) is 14.9 Å². The van der Waals surface area contributed by atoms with Gasteiger partial charge in [-0.25, -0.2) is 14.8 Å². The molecule has 39 heavy (non-hydrogen) atoms. The first-order valence-electron chi connectivity index (χ1n) is 12.9. The Morgan fingerprint density at radius 3 is 2.64 bits per heavy atom. The highest BCUT2D eigenvalue weighted by atomic mass is 16.6. The predicted octanol–water partition coefficient (Wildman–Crippen LogP) is 3.58. The Morgan fingerprint density at radius 1 is 1.21 bits per heavy atom. The van der Waals surface area contributed by atoms with Gasteiger partial charge in [0.15, 0.2) is 5.52 Å². The Labute approximate surface area is 226 Å². The molecule has 2 aliphatic heterocycles. The molecule has 2 amide bonds. The van der Waals surface area contributed by atoms with Crippen LogP contribution in [0.3, 0.4) is 0 Å². The number of nitriles is 1. The molecule has 1 atom stereocenters. The monoisotopic (exact) mass is 529 g/mol. The second-order valence-corrected chi connectivity index (χ2v) is 10.7. The zero-order valence-electron chi connectivity index (χ0n) is 22.3. The van der Waals surface area contributed by atoms with Gasteiger partial charge in [0.2, 0.25) is 11.8 Å². The number of amides is 2. The van der Waals surface area contributed by atoms with Crippen molar-refractivity contribution in [3.05, 3.63) is 48.5 Å². The number of ether oxygens (including phenoxy) is 2. The number of H-pyrrole nitrogens is 1. The van der Waals surface area contributed by atoms with Crippen molar-refractivity contribution in [1.29, 1.82) is 5.26 Å². The van der Waals surface area contributed by atoms with E-state index in [1.807, 2.05) is 39.0 Å². The molecule has 2 N–H and O–H groups in total. The minimum Gasteiger partial charge on any atom is -0.444 e. The number of nitrogens with one attached hydrogen (secondary N) is 2. The van der Waals surface area contributed by atoms with E-state index in [2.05, 4.69) is 32.8 Å². The molecule has 11 nitrogen and oxygen atoms in total. The van der Waals surface area contributed by atoms with Crippen molar-refractivity contribution in [1.82, 2.24) is 25.2 Å². The molecule has 2 aromatic heterocycles. The van der Waals surface area contributed by atoms with Gasteiger partial charge < -0.3 is 29.6 Å². The molecule has 2 saturated heterocycles. The Bertz CT molecular complexity index is 1480. The van der Waals surface area contributed by atoms with Gasteiger partial charge in [-0.15, -0.1) is 0 Å². The Balaban J connectivity index is 1.35. The Morgan fingerprint density at radius 2 is 1.97 bits per heavy atom. The SMILES string of the molecule is C=C(Oc1nc(-c2ccc(N3CCN(C(=O)OC(C)(C)C)CC3)c(C#N)c2)cc2[nH]cnc12)[C@H]1CNC(=O)C1. The minimum atomic E-state index is -0.545. The first-order valence-corrected chi connectivity index (χ1v) is 12.9. The highest BCUT2D eigenvalue weighted by molar-refractivity contribution is 5.85. The zero-order chi connectivity index (χ0) is 27.7. The van der Waals surface area contributed by atoms with Gasteiger partial charge in [0.25, 0.3) is 0 Å². The number of carbonyl (C=O) groups excluding carboxylic acids is 2. The molecule has 11 heteroatoms. The maximum atomic E-state index is 12.4. The number of imidazole rings is 1. The van der Waals surface area contributed by atoms with Crippen molar-refractivity contribution < 1.29 is 19.1 Å². The van der Waals surface area contributed by atoms with Gasteiger partial charge in [-0.2, -0.15) is 5.26 Å². The van der Waals surface area contributed by atoms with Gasteiger partial charge in [-0.3, -0.25) is 4.79 Å². The van der Waals surface area contributed by atoms with Gasteiger partial charge in [0.05, 0.1) is 28.8 Å². The van der Waals surface area contributed by atoms with E-state index in [1.165, 1.54) is 0 Å². The molecule has 4 heterocycles. The first-order chi connectivity index (χ1) is 18.6. The molecule has 0 bridgehead atoms. The third kappa shape index (κ3) is 5.65. The van der Waals surface area contributed by atoms with Gasteiger partial charge in [-0.1, -0.05) is 12.6 Å². The fourth-order valence-electron chi connectivity index (χ4n) is 4.69. The number of fused-ring (bicyclic) bond motifs is 1. The average Bonchev–Trinajstić information content (AvgIpc) is 3.56. The number of rotatable bonds is 5. The lowest BCUT2D eigenvalue weighted by atomic mass is 10.0. The van der Waals surface area contributed by atoms with Crippen LogP contribution in [0.2, 0.25) is 0 Å². The maximum Gasteiger partial charge on any atom is 0.410 e. The number of carbonyl (C=O) groups is 2. The van der Waals surface area contributed by atoms with Crippen LogP contribution in [0.4, 0.5) is 10.5 Å². The van der Waals surface area contributed by atoms with E-state index in [1.54, 1.807) is 17.3 Å². The number of piperazine rings is 1. The number of aromatic amines is 1. The van der Waals surface area contributed by atoms with Crippen LogP contribution in [0.25, 0.3) is 22.3 Å². The summed E-state index contributed by atoms with van der Waals surface area (Å²) in [6, 6.07) is 9.79. The Kier molecular flexibility index (Phi) is 6.87. The lowest BCUT2D eigenvalue weighted by Gasteiger charge is -2.37. The van der Waals surface area contributed by atoms with Crippen molar-refractivity contribution in [3.8, 4) is 23.2 Å². The summed E-state index contributed by atoms with van der Waals surface area (Å²) in [5.41, 5.74) is 3.39. The summed E-state index contributed by atoms with van der Waals surface area (Å²) in [7, 11) is 0. The highest BCUT2D eigenvalue weighted by Crippen LogP contribution is 2.32. The van der Waals surface area contributed by atoms with E-state index < -0.39 is 5.60 Å². The van der Waals surface area contributed by atoms with Crippen LogP contribution < -0.4 is 15.0 Å². The third-order valence-electron chi connectivity index (χ3n) is 6.72. The molecule has 5 rings (SSSR count). The van der Waals surface area contributed by atoms with E-state index in [0.29, 0.717) is 61.7 Å². The van der Waals surface area contributed by atoms with Crippen LogP contribution in [-0.2, 0) is 9.53 Å². The summed E-state index contributed by atoms with van der Waals surface area (Å²) in [5, 5.41) is 12.8. The largest absolute Gasteiger partial charge is 0.444 e. The molecule has 2 fully saturated rings. The highest BCUT2D eigenvalue weighted by Gasteiger charge is 2.28. The number of anilines is 1. The van der Waals surface area contributed by atoms with Crippen LogP contribution in [0.15, 0.2) is 42.9 Å². The molecule has 0 aliphatic carbocycles. The second kappa shape index (κ2) is 10.3. The van der Waals surface area contributed by atoms with Crippen molar-refractivity contribution >= 4 is 28.7 Å².